The smallest absolute Gasteiger partial charge is 0.0591 e. The van der Waals surface area contributed by atoms with Gasteiger partial charge in [0, 0.05) is 46.9 Å². The first-order valence-corrected chi connectivity index (χ1v) is 18.6. The maximum absolute atomic E-state index is 2.48. The van der Waals surface area contributed by atoms with Gasteiger partial charge < -0.3 is 4.90 Å². The van der Waals surface area contributed by atoms with Crippen LogP contribution in [0.25, 0.3) is 53.2 Å². The highest BCUT2D eigenvalue weighted by Gasteiger charge is 2.37. The maximum atomic E-state index is 2.48. The van der Waals surface area contributed by atoms with E-state index in [0.29, 0.717) is 0 Å². The number of para-hydroxylation sites is 1. The zero-order valence-corrected chi connectivity index (χ0v) is 26.8. The number of hydrogen-bond acceptors (Lipinski definition) is 2. The van der Waals surface area contributed by atoms with Crippen molar-refractivity contribution in [1.82, 2.24) is 0 Å². The Kier molecular flexibility index (Phi) is 5.96. The summed E-state index contributed by atoms with van der Waals surface area (Å²) in [6.07, 6.45) is 4.96. The van der Waals surface area contributed by atoms with Gasteiger partial charge in [-0.1, -0.05) is 103 Å². The molecule has 0 aliphatic carbocycles. The molecule has 0 bridgehead atoms. The van der Waals surface area contributed by atoms with Crippen LogP contribution in [-0.4, -0.2) is 12.5 Å². The van der Waals surface area contributed by atoms with Gasteiger partial charge in [0.2, 0.25) is 0 Å². The third-order valence-corrected chi connectivity index (χ3v) is 13.4. The first-order chi connectivity index (χ1) is 22.1. The van der Waals surface area contributed by atoms with Gasteiger partial charge in [-0.25, -0.2) is 0 Å². The molecule has 0 saturated heterocycles. The molecule has 0 N–H and O–H groups in total. The molecule has 9 rings (SSSR count). The molecule has 1 aliphatic rings. The van der Waals surface area contributed by atoms with E-state index in [2.05, 4.69) is 169 Å². The molecule has 0 saturated carbocycles. The molecular weight excluding hydrogens is 583 g/mol. The van der Waals surface area contributed by atoms with Crippen LogP contribution in [0.15, 0.2) is 161 Å². The molecule has 1 aliphatic heterocycles. The minimum atomic E-state index is -1.29. The summed E-state index contributed by atoms with van der Waals surface area (Å²) in [6.45, 7) is 0. The van der Waals surface area contributed by atoms with Crippen LogP contribution in [0.4, 0.5) is 17.1 Å². The lowest BCUT2D eigenvalue weighted by atomic mass is 10.0. The van der Waals surface area contributed by atoms with E-state index in [0.717, 1.165) is 5.69 Å². The lowest BCUT2D eigenvalue weighted by Gasteiger charge is -2.35. The fourth-order valence-corrected chi connectivity index (χ4v) is 11.3. The van der Waals surface area contributed by atoms with Crippen LogP contribution in [0.3, 0.4) is 0 Å². The van der Waals surface area contributed by atoms with Crippen molar-refractivity contribution in [3.8, 4) is 22.3 Å². The topological polar surface area (TPSA) is 3.24 Å². The van der Waals surface area contributed by atoms with Crippen molar-refractivity contribution < 1.29 is 0 Å². The number of anilines is 3. The Morgan fingerprint density at radius 3 is 2.09 bits per heavy atom. The Balaban J connectivity index is 1.22. The van der Waals surface area contributed by atoms with Gasteiger partial charge in [0.15, 0.2) is 0 Å². The molecule has 0 spiro atoms. The Morgan fingerprint density at radius 2 is 1.24 bits per heavy atom. The van der Waals surface area contributed by atoms with Gasteiger partial charge in [0.25, 0.3) is 0 Å². The lowest BCUT2D eigenvalue weighted by Crippen LogP contribution is -2.12. The summed E-state index contributed by atoms with van der Waals surface area (Å²) in [4.78, 5) is 5.42. The minimum absolute atomic E-state index is 1.16. The third-order valence-electron chi connectivity index (χ3n) is 9.30. The summed E-state index contributed by atoms with van der Waals surface area (Å²) in [5, 5.41) is 5.26. The molecule has 2 heterocycles. The second-order valence-electron chi connectivity index (χ2n) is 12.2. The van der Waals surface area contributed by atoms with Gasteiger partial charge in [-0.15, -0.1) is 11.3 Å². The van der Waals surface area contributed by atoms with E-state index in [4.69, 9.17) is 0 Å². The zero-order valence-electron chi connectivity index (χ0n) is 25.2. The van der Waals surface area contributed by atoms with Crippen molar-refractivity contribution in [2.24, 2.45) is 0 Å². The van der Waals surface area contributed by atoms with Gasteiger partial charge in [-0.05, 0) is 88.5 Å². The van der Waals surface area contributed by atoms with Gasteiger partial charge in [-0.3, -0.25) is 0 Å². The van der Waals surface area contributed by atoms with E-state index in [1.165, 1.54) is 74.4 Å². The quantitative estimate of drug-likeness (QED) is 0.191. The van der Waals surface area contributed by atoms with E-state index in [1.807, 2.05) is 11.3 Å². The van der Waals surface area contributed by atoms with Gasteiger partial charge in [-0.2, -0.15) is 10.0 Å². The molecule has 1 nitrogen and oxygen atoms in total. The normalized spacial score (nSPS) is 14.0. The van der Waals surface area contributed by atoms with E-state index >= 15 is 0 Å². The third kappa shape index (κ3) is 4.08. The van der Waals surface area contributed by atoms with E-state index in [1.54, 1.807) is 0 Å². The van der Waals surface area contributed by atoms with Crippen molar-refractivity contribution in [2.45, 2.75) is 9.79 Å². The van der Waals surface area contributed by atoms with Gasteiger partial charge >= 0.3 is 0 Å². The number of fused-ring (bicyclic) bond motifs is 8. The van der Waals surface area contributed by atoms with Crippen LogP contribution < -0.4 is 4.90 Å². The van der Waals surface area contributed by atoms with Gasteiger partial charge in [0.1, 0.15) is 0 Å². The fourth-order valence-electron chi connectivity index (χ4n) is 7.17. The summed E-state index contributed by atoms with van der Waals surface area (Å²) in [5.74, 6) is 0. The molecule has 45 heavy (non-hydrogen) atoms. The van der Waals surface area contributed by atoms with Crippen molar-refractivity contribution in [3.05, 3.63) is 152 Å². The van der Waals surface area contributed by atoms with Crippen molar-refractivity contribution in [1.29, 1.82) is 0 Å². The Morgan fingerprint density at radius 1 is 0.533 bits per heavy atom. The molecule has 0 fully saturated rings. The monoisotopic (exact) mass is 613 g/mol. The second kappa shape index (κ2) is 10.1. The SMILES string of the molecule is CS1(C)c2ccc3c(sc4ccccc43)c2-c2cccc(N(c3ccccc3)c3ccc(-c4ccc5ccccc5c4)cc3)c21. The Bertz CT molecular complexity index is 2400. The zero-order chi connectivity index (χ0) is 30.1. The number of nitrogens with zero attached hydrogens (tertiary/aromatic N) is 1. The van der Waals surface area contributed by atoms with Gasteiger partial charge in [0.05, 0.1) is 5.69 Å². The van der Waals surface area contributed by atoms with Crippen LogP contribution in [-0.2, 0) is 0 Å². The van der Waals surface area contributed by atoms with Crippen LogP contribution in [0.1, 0.15) is 0 Å². The highest BCUT2D eigenvalue weighted by atomic mass is 32.3. The molecule has 3 heteroatoms. The van der Waals surface area contributed by atoms with E-state index in [-0.39, 0.29) is 0 Å². The first-order valence-electron chi connectivity index (χ1n) is 15.3. The lowest BCUT2D eigenvalue weighted by molar-refractivity contribution is 1.23. The van der Waals surface area contributed by atoms with Crippen LogP contribution in [0.5, 0.6) is 0 Å². The Labute approximate surface area is 269 Å². The highest BCUT2D eigenvalue weighted by molar-refractivity contribution is 8.33. The summed E-state index contributed by atoms with van der Waals surface area (Å²) >= 11 is 1.94. The standard InChI is InChI=1S/C42H31NS2/c1-45(2)39-26-25-35-34-15-8-9-18-38(34)44-41(35)40(39)36-16-10-17-37(42(36)45)43(32-13-4-3-5-14-32)33-23-21-29(22-24-33)31-20-19-28-11-6-7-12-30(28)27-31/h3-27H,1-2H3. The van der Waals surface area contributed by atoms with Crippen molar-refractivity contribution >= 4 is 69.4 Å². The van der Waals surface area contributed by atoms with Crippen LogP contribution in [0.2, 0.25) is 0 Å². The predicted octanol–water partition coefficient (Wildman–Crippen LogP) is 12.8. The number of hydrogen-bond donors (Lipinski definition) is 0. The molecule has 0 amide bonds. The molecule has 0 unspecified atom stereocenters. The van der Waals surface area contributed by atoms with E-state index < -0.39 is 10.0 Å². The fraction of sp³-hybridized carbons (Fsp3) is 0.0476. The molecule has 8 aromatic rings. The largest absolute Gasteiger partial charge is 0.309 e. The molecule has 1 aromatic heterocycles. The van der Waals surface area contributed by atoms with E-state index in [9.17, 15) is 0 Å². The second-order valence-corrected chi connectivity index (χ2v) is 16.7. The average Bonchev–Trinajstić information content (AvgIpc) is 3.58. The first kappa shape index (κ1) is 26.6. The number of rotatable bonds is 4. The molecule has 0 atom stereocenters. The highest BCUT2D eigenvalue weighted by Crippen LogP contribution is 2.71. The average molecular weight is 614 g/mol. The molecule has 7 aromatic carbocycles. The predicted molar refractivity (Wildman–Crippen MR) is 198 cm³/mol. The van der Waals surface area contributed by atoms with Crippen LogP contribution >= 0.6 is 21.4 Å². The number of thiophene rings is 1. The molecular formula is C42H31NS2. The van der Waals surface area contributed by atoms with Crippen molar-refractivity contribution in [2.75, 3.05) is 17.4 Å². The molecule has 0 radical (unpaired) electrons. The molecule has 216 valence electrons. The minimum Gasteiger partial charge on any atom is -0.309 e. The Hall–Kier alpha value is -4.83. The summed E-state index contributed by atoms with van der Waals surface area (Å²) in [7, 11) is -1.29. The summed E-state index contributed by atoms with van der Waals surface area (Å²) < 4.78 is 2.77. The van der Waals surface area contributed by atoms with Crippen molar-refractivity contribution in [3.63, 3.8) is 0 Å². The summed E-state index contributed by atoms with van der Waals surface area (Å²) in [5.41, 5.74) is 8.88. The van der Waals surface area contributed by atoms with Crippen LogP contribution in [0, 0.1) is 0 Å². The summed E-state index contributed by atoms with van der Waals surface area (Å²) in [6, 6.07) is 55.8. The maximum Gasteiger partial charge on any atom is 0.0591 e. The number of benzene rings is 7.